The molecule has 0 amide bonds. The van der Waals surface area contributed by atoms with Crippen molar-refractivity contribution in [1.82, 2.24) is 14.5 Å². The van der Waals surface area contributed by atoms with Gasteiger partial charge in [0.1, 0.15) is 0 Å². The number of aryl methyl sites for hydroxylation is 1. The van der Waals surface area contributed by atoms with E-state index in [1.807, 2.05) is 16.7 Å². The number of pyridine rings is 1. The van der Waals surface area contributed by atoms with Gasteiger partial charge in [0.15, 0.2) is 10.4 Å². The summed E-state index contributed by atoms with van der Waals surface area (Å²) in [7, 11) is 0. The predicted molar refractivity (Wildman–Crippen MR) is 86.4 cm³/mol. The van der Waals surface area contributed by atoms with Gasteiger partial charge < -0.3 is 4.98 Å². The predicted octanol–water partition coefficient (Wildman–Crippen LogP) is 4.92. The highest BCUT2D eigenvalue weighted by Gasteiger charge is 2.09. The van der Waals surface area contributed by atoms with E-state index in [0.29, 0.717) is 4.77 Å². The van der Waals surface area contributed by atoms with Gasteiger partial charge in [-0.1, -0.05) is 15.9 Å². The lowest BCUT2D eigenvalue weighted by atomic mass is 10.2. The largest absolute Gasteiger partial charge is 0.329 e. The van der Waals surface area contributed by atoms with Crippen LogP contribution in [-0.4, -0.2) is 14.5 Å². The van der Waals surface area contributed by atoms with Gasteiger partial charge >= 0.3 is 0 Å². The van der Waals surface area contributed by atoms with Crippen molar-refractivity contribution in [2.24, 2.45) is 0 Å². The Hall–Kier alpha value is -0.980. The van der Waals surface area contributed by atoms with Crippen LogP contribution in [0, 0.1) is 11.7 Å². The Bertz CT molecular complexity index is 815. The summed E-state index contributed by atoms with van der Waals surface area (Å²) in [5, 5.41) is 0. The van der Waals surface area contributed by atoms with Crippen LogP contribution in [0.1, 0.15) is 5.56 Å². The van der Waals surface area contributed by atoms with Crippen LogP contribution in [0.25, 0.3) is 16.9 Å². The van der Waals surface area contributed by atoms with Gasteiger partial charge in [0.2, 0.25) is 0 Å². The second kappa shape index (κ2) is 4.85. The third-order valence-electron chi connectivity index (χ3n) is 2.77. The molecule has 19 heavy (non-hydrogen) atoms. The average Bonchev–Trinajstić information content (AvgIpc) is 2.62. The van der Waals surface area contributed by atoms with Crippen molar-refractivity contribution in [2.45, 2.75) is 6.92 Å². The molecule has 0 atom stereocenters. The molecule has 2 heterocycles. The highest BCUT2D eigenvalue weighted by molar-refractivity contribution is 9.10. The van der Waals surface area contributed by atoms with Crippen LogP contribution in [0.2, 0.25) is 0 Å². The zero-order chi connectivity index (χ0) is 13.6. The summed E-state index contributed by atoms with van der Waals surface area (Å²) in [6.45, 7) is 2.05. The Balaban J connectivity index is 2.36. The lowest BCUT2D eigenvalue weighted by molar-refractivity contribution is 1.04. The number of aromatic amines is 1. The van der Waals surface area contributed by atoms with E-state index in [1.165, 1.54) is 0 Å². The van der Waals surface area contributed by atoms with Crippen molar-refractivity contribution < 1.29 is 0 Å². The maximum atomic E-state index is 5.40. The van der Waals surface area contributed by atoms with E-state index in [4.69, 9.17) is 12.2 Å². The fourth-order valence-corrected chi connectivity index (χ4v) is 3.28. The quantitative estimate of drug-likeness (QED) is 0.590. The molecule has 3 nitrogen and oxygen atoms in total. The Morgan fingerprint density at radius 1 is 1.16 bits per heavy atom. The van der Waals surface area contributed by atoms with Crippen molar-refractivity contribution in [1.29, 1.82) is 0 Å². The number of hydrogen-bond donors (Lipinski definition) is 1. The minimum atomic E-state index is 0.637. The van der Waals surface area contributed by atoms with Crippen LogP contribution >= 0.6 is 44.1 Å². The second-order valence-corrected chi connectivity index (χ2v) is 6.50. The van der Waals surface area contributed by atoms with Gasteiger partial charge in [-0.25, -0.2) is 4.98 Å². The lowest BCUT2D eigenvalue weighted by Crippen LogP contribution is -1.96. The first kappa shape index (κ1) is 13.0. The van der Waals surface area contributed by atoms with E-state index in [0.717, 1.165) is 31.4 Å². The third-order valence-corrected chi connectivity index (χ3v) is 3.95. The van der Waals surface area contributed by atoms with E-state index in [9.17, 15) is 0 Å². The van der Waals surface area contributed by atoms with Gasteiger partial charge in [-0.05, 0) is 64.9 Å². The van der Waals surface area contributed by atoms with Crippen LogP contribution < -0.4 is 0 Å². The first-order chi connectivity index (χ1) is 9.04. The molecule has 0 radical (unpaired) electrons. The monoisotopic (exact) mass is 397 g/mol. The summed E-state index contributed by atoms with van der Waals surface area (Å²) in [5.74, 6) is 0. The van der Waals surface area contributed by atoms with Gasteiger partial charge in [-0.2, -0.15) is 0 Å². The summed E-state index contributed by atoms with van der Waals surface area (Å²) in [6.07, 6.45) is 1.77. The summed E-state index contributed by atoms with van der Waals surface area (Å²) in [6, 6.07) is 8.14. The molecule has 3 rings (SSSR count). The zero-order valence-electron chi connectivity index (χ0n) is 9.95. The third kappa shape index (κ3) is 2.40. The summed E-state index contributed by atoms with van der Waals surface area (Å²) in [5.41, 5.74) is 3.90. The van der Waals surface area contributed by atoms with Crippen LogP contribution in [0.3, 0.4) is 0 Å². The molecule has 1 aromatic carbocycles. The minimum absolute atomic E-state index is 0.637. The molecule has 0 bridgehead atoms. The van der Waals surface area contributed by atoms with E-state index in [2.05, 4.69) is 60.9 Å². The van der Waals surface area contributed by atoms with E-state index >= 15 is 0 Å². The number of H-pyrrole nitrogens is 1. The molecular weight excluding hydrogens is 390 g/mol. The molecule has 0 aliphatic carbocycles. The van der Waals surface area contributed by atoms with Crippen molar-refractivity contribution in [3.63, 3.8) is 0 Å². The normalized spacial score (nSPS) is 11.1. The molecular formula is C13H9Br2N3S. The number of nitrogens with zero attached hydrogens (tertiary/aromatic N) is 2. The van der Waals surface area contributed by atoms with Gasteiger partial charge in [-0.3, -0.25) is 4.57 Å². The van der Waals surface area contributed by atoms with Gasteiger partial charge in [0, 0.05) is 15.1 Å². The Morgan fingerprint density at radius 3 is 2.68 bits per heavy atom. The number of imidazole rings is 1. The number of nitrogens with one attached hydrogen (secondary N) is 1. The molecule has 3 aromatic rings. The van der Waals surface area contributed by atoms with Crippen LogP contribution in [-0.2, 0) is 0 Å². The molecule has 96 valence electrons. The summed E-state index contributed by atoms with van der Waals surface area (Å²) >= 11 is 12.3. The number of hydrogen-bond acceptors (Lipinski definition) is 2. The van der Waals surface area contributed by atoms with Gasteiger partial charge in [-0.15, -0.1) is 0 Å². The van der Waals surface area contributed by atoms with E-state index in [-0.39, 0.29) is 0 Å². The van der Waals surface area contributed by atoms with Crippen LogP contribution in [0.4, 0.5) is 0 Å². The molecule has 1 N–H and O–H groups in total. The second-order valence-electron chi connectivity index (χ2n) is 4.28. The first-order valence-electron chi connectivity index (χ1n) is 5.58. The van der Waals surface area contributed by atoms with Gasteiger partial charge in [0.05, 0.1) is 11.2 Å². The SMILES string of the molecule is Cc1cc(Br)cc(-n2c(=S)[nH]c3cc(Br)cnc32)c1. The minimum Gasteiger partial charge on any atom is -0.329 e. The first-order valence-corrected chi connectivity index (χ1v) is 7.58. The van der Waals surface area contributed by atoms with E-state index < -0.39 is 0 Å². The zero-order valence-corrected chi connectivity index (χ0v) is 13.9. The van der Waals surface area contributed by atoms with Crippen molar-refractivity contribution in [2.75, 3.05) is 0 Å². The molecule has 0 aliphatic heterocycles. The smallest absolute Gasteiger partial charge is 0.183 e. The van der Waals surface area contributed by atoms with Crippen molar-refractivity contribution in [3.8, 4) is 5.69 Å². The molecule has 0 aliphatic rings. The number of aromatic nitrogens is 3. The maximum absolute atomic E-state index is 5.40. The molecule has 0 saturated heterocycles. The van der Waals surface area contributed by atoms with Crippen LogP contribution in [0.15, 0.2) is 39.4 Å². The van der Waals surface area contributed by atoms with E-state index in [1.54, 1.807) is 6.20 Å². The lowest BCUT2D eigenvalue weighted by Gasteiger charge is -2.06. The Kier molecular flexibility index (Phi) is 3.32. The Morgan fingerprint density at radius 2 is 1.95 bits per heavy atom. The number of halogens is 2. The van der Waals surface area contributed by atoms with Crippen molar-refractivity contribution >= 4 is 55.2 Å². The average molecular weight is 399 g/mol. The molecule has 2 aromatic heterocycles. The molecule has 0 fully saturated rings. The topological polar surface area (TPSA) is 33.6 Å². The summed E-state index contributed by atoms with van der Waals surface area (Å²) < 4.78 is 4.53. The Labute approximate surface area is 131 Å². The number of rotatable bonds is 1. The molecule has 0 saturated carbocycles. The van der Waals surface area contributed by atoms with Crippen molar-refractivity contribution in [3.05, 3.63) is 49.7 Å². The highest BCUT2D eigenvalue weighted by atomic mass is 79.9. The fourth-order valence-electron chi connectivity index (χ4n) is 2.06. The molecule has 0 spiro atoms. The molecule has 6 heteroatoms. The summed E-state index contributed by atoms with van der Waals surface area (Å²) in [4.78, 5) is 7.62. The standard InChI is InChI=1S/C13H9Br2N3S/c1-7-2-8(14)4-10(3-7)18-12-11(17-13(18)19)5-9(15)6-16-12/h2-6H,1H3,(H,17,19). The molecule has 0 unspecified atom stereocenters. The van der Waals surface area contributed by atoms with Crippen LogP contribution in [0.5, 0.6) is 0 Å². The van der Waals surface area contributed by atoms with Gasteiger partial charge in [0.25, 0.3) is 0 Å². The highest BCUT2D eigenvalue weighted by Crippen LogP contribution is 2.24. The number of benzene rings is 1. The maximum Gasteiger partial charge on any atom is 0.183 e. The number of fused-ring (bicyclic) bond motifs is 1. The fraction of sp³-hybridized carbons (Fsp3) is 0.0769.